The van der Waals surface area contributed by atoms with Gasteiger partial charge in [0, 0.05) is 5.56 Å². The van der Waals surface area contributed by atoms with Gasteiger partial charge in [-0.25, -0.2) is 4.98 Å². The molecule has 4 nitrogen and oxygen atoms in total. The van der Waals surface area contributed by atoms with Gasteiger partial charge in [0.05, 0.1) is 21.9 Å². The molecule has 0 aliphatic carbocycles. The van der Waals surface area contributed by atoms with Crippen LogP contribution in [0, 0.1) is 0 Å². The van der Waals surface area contributed by atoms with Gasteiger partial charge < -0.3 is 10.7 Å². The van der Waals surface area contributed by atoms with Crippen molar-refractivity contribution in [2.75, 3.05) is 5.73 Å². The molecule has 0 radical (unpaired) electrons. The maximum Gasteiger partial charge on any atom is 0.290 e. The first kappa shape index (κ1) is 11.0. The number of aromatic nitrogens is 2. The summed E-state index contributed by atoms with van der Waals surface area (Å²) in [6.45, 7) is 0. The average molecular weight is 256 g/mol. The van der Waals surface area contributed by atoms with Gasteiger partial charge in [0.2, 0.25) is 0 Å². The largest absolute Gasteiger partial charge is 0.379 e. The number of nitrogens with one attached hydrogen (secondary N) is 1. The van der Waals surface area contributed by atoms with Gasteiger partial charge in [-0.1, -0.05) is 29.3 Å². The molecule has 0 saturated heterocycles. The molecule has 0 aliphatic rings. The van der Waals surface area contributed by atoms with Gasteiger partial charge in [-0.15, -0.1) is 0 Å². The van der Waals surface area contributed by atoms with Crippen molar-refractivity contribution in [3.8, 4) is 11.3 Å². The number of benzene rings is 1. The van der Waals surface area contributed by atoms with E-state index in [0.717, 1.165) is 5.56 Å². The van der Waals surface area contributed by atoms with Crippen LogP contribution in [-0.2, 0) is 0 Å². The SMILES string of the molecule is Nc1ncc(-c2ccc(Cl)c(Cl)c2)[nH]c1=O. The minimum atomic E-state index is -0.427. The highest BCUT2D eigenvalue weighted by Crippen LogP contribution is 2.26. The molecule has 16 heavy (non-hydrogen) atoms. The third-order valence-corrected chi connectivity index (χ3v) is 2.78. The van der Waals surface area contributed by atoms with E-state index in [9.17, 15) is 4.79 Å². The molecule has 0 aliphatic heterocycles. The quantitative estimate of drug-likeness (QED) is 0.822. The summed E-state index contributed by atoms with van der Waals surface area (Å²) in [5, 5.41) is 0.869. The Morgan fingerprint density at radius 3 is 2.62 bits per heavy atom. The first-order valence-electron chi connectivity index (χ1n) is 4.38. The van der Waals surface area contributed by atoms with Crippen LogP contribution in [0.2, 0.25) is 10.0 Å². The van der Waals surface area contributed by atoms with Gasteiger partial charge in [0.15, 0.2) is 5.82 Å². The maximum absolute atomic E-state index is 11.3. The van der Waals surface area contributed by atoms with Crippen LogP contribution in [0.3, 0.4) is 0 Å². The lowest BCUT2D eigenvalue weighted by molar-refractivity contribution is 1.16. The van der Waals surface area contributed by atoms with Crippen LogP contribution in [0.25, 0.3) is 11.3 Å². The first-order valence-corrected chi connectivity index (χ1v) is 5.14. The molecule has 1 heterocycles. The van der Waals surface area contributed by atoms with Crippen LogP contribution < -0.4 is 11.3 Å². The zero-order chi connectivity index (χ0) is 11.7. The van der Waals surface area contributed by atoms with Crippen molar-refractivity contribution >= 4 is 29.0 Å². The summed E-state index contributed by atoms with van der Waals surface area (Å²) >= 11 is 11.7. The zero-order valence-corrected chi connectivity index (χ0v) is 9.51. The standard InChI is InChI=1S/C10H7Cl2N3O/c11-6-2-1-5(3-7(6)12)8-4-14-9(13)10(16)15-8/h1-4H,(H2,13,14)(H,15,16). The zero-order valence-electron chi connectivity index (χ0n) is 8.00. The van der Waals surface area contributed by atoms with Gasteiger partial charge in [0.1, 0.15) is 0 Å². The maximum atomic E-state index is 11.3. The van der Waals surface area contributed by atoms with E-state index < -0.39 is 5.56 Å². The van der Waals surface area contributed by atoms with Crippen molar-refractivity contribution in [1.82, 2.24) is 9.97 Å². The molecule has 6 heteroatoms. The van der Waals surface area contributed by atoms with E-state index >= 15 is 0 Å². The van der Waals surface area contributed by atoms with E-state index in [1.54, 1.807) is 18.2 Å². The number of halogens is 2. The molecular weight excluding hydrogens is 249 g/mol. The Bertz CT molecular complexity index is 595. The van der Waals surface area contributed by atoms with Crippen molar-refractivity contribution < 1.29 is 0 Å². The Labute approximate surface area is 101 Å². The summed E-state index contributed by atoms with van der Waals surface area (Å²) in [7, 11) is 0. The van der Waals surface area contributed by atoms with Gasteiger partial charge in [-0.2, -0.15) is 0 Å². The normalized spacial score (nSPS) is 10.4. The van der Waals surface area contributed by atoms with E-state index in [0.29, 0.717) is 15.7 Å². The number of hydrogen-bond acceptors (Lipinski definition) is 3. The Morgan fingerprint density at radius 1 is 1.25 bits per heavy atom. The van der Waals surface area contributed by atoms with Crippen LogP contribution >= 0.6 is 23.2 Å². The minimum Gasteiger partial charge on any atom is -0.379 e. The molecule has 2 aromatic rings. The number of nitrogens with two attached hydrogens (primary N) is 1. The number of H-pyrrole nitrogens is 1. The Hall–Kier alpha value is -1.52. The summed E-state index contributed by atoms with van der Waals surface area (Å²) < 4.78 is 0. The van der Waals surface area contributed by atoms with Crippen molar-refractivity contribution in [1.29, 1.82) is 0 Å². The average Bonchev–Trinajstić information content (AvgIpc) is 2.26. The lowest BCUT2D eigenvalue weighted by Crippen LogP contribution is -2.13. The highest BCUT2D eigenvalue weighted by Gasteiger charge is 2.04. The van der Waals surface area contributed by atoms with Crippen LogP contribution in [0.5, 0.6) is 0 Å². The van der Waals surface area contributed by atoms with E-state index in [2.05, 4.69) is 9.97 Å². The number of nitrogen functional groups attached to an aromatic ring is 1. The highest BCUT2D eigenvalue weighted by atomic mass is 35.5. The van der Waals surface area contributed by atoms with Crippen LogP contribution in [0.4, 0.5) is 5.82 Å². The minimum absolute atomic E-state index is 0.0659. The predicted molar refractivity (Wildman–Crippen MR) is 64.7 cm³/mol. The molecule has 1 aromatic carbocycles. The van der Waals surface area contributed by atoms with Crippen molar-refractivity contribution in [2.45, 2.75) is 0 Å². The van der Waals surface area contributed by atoms with E-state index in [1.165, 1.54) is 6.20 Å². The van der Waals surface area contributed by atoms with Crippen LogP contribution in [0.1, 0.15) is 0 Å². The van der Waals surface area contributed by atoms with Crippen molar-refractivity contribution in [3.05, 3.63) is 44.8 Å². The summed E-state index contributed by atoms with van der Waals surface area (Å²) in [6.07, 6.45) is 1.47. The third-order valence-electron chi connectivity index (χ3n) is 2.04. The third kappa shape index (κ3) is 2.03. The summed E-state index contributed by atoms with van der Waals surface area (Å²) in [6, 6.07) is 5.03. The molecule has 0 fully saturated rings. The number of hydrogen-bond donors (Lipinski definition) is 2. The monoisotopic (exact) mass is 255 g/mol. The number of anilines is 1. The molecule has 0 spiro atoms. The molecule has 0 amide bonds. The van der Waals surface area contributed by atoms with E-state index in [4.69, 9.17) is 28.9 Å². The summed E-state index contributed by atoms with van der Waals surface area (Å²) in [5.74, 6) is -0.0659. The Balaban J connectivity index is 2.55. The summed E-state index contributed by atoms with van der Waals surface area (Å²) in [5.41, 5.74) is 6.15. The van der Waals surface area contributed by atoms with E-state index in [1.807, 2.05) is 0 Å². The molecule has 0 atom stereocenters. The number of nitrogens with zero attached hydrogens (tertiary/aromatic N) is 1. The fourth-order valence-corrected chi connectivity index (χ4v) is 1.52. The molecule has 0 bridgehead atoms. The molecule has 82 valence electrons. The molecule has 1 aromatic heterocycles. The molecule has 0 saturated carbocycles. The lowest BCUT2D eigenvalue weighted by atomic mass is 10.2. The van der Waals surface area contributed by atoms with Gasteiger partial charge >= 0.3 is 0 Å². The second-order valence-electron chi connectivity index (χ2n) is 3.14. The van der Waals surface area contributed by atoms with E-state index in [-0.39, 0.29) is 5.82 Å². The summed E-state index contributed by atoms with van der Waals surface area (Å²) in [4.78, 5) is 17.6. The number of rotatable bonds is 1. The Kier molecular flexibility index (Phi) is 2.85. The lowest BCUT2D eigenvalue weighted by Gasteiger charge is -2.03. The topological polar surface area (TPSA) is 71.8 Å². The second-order valence-corrected chi connectivity index (χ2v) is 3.95. The number of aromatic amines is 1. The predicted octanol–water partition coefficient (Wildman–Crippen LogP) is 2.33. The van der Waals surface area contributed by atoms with Crippen molar-refractivity contribution in [2.24, 2.45) is 0 Å². The second kappa shape index (κ2) is 4.15. The smallest absolute Gasteiger partial charge is 0.290 e. The fourth-order valence-electron chi connectivity index (χ4n) is 1.22. The molecular formula is C10H7Cl2N3O. The fraction of sp³-hybridized carbons (Fsp3) is 0. The van der Waals surface area contributed by atoms with Crippen molar-refractivity contribution in [3.63, 3.8) is 0 Å². The molecule has 0 unspecified atom stereocenters. The molecule has 2 rings (SSSR count). The van der Waals surface area contributed by atoms with Gasteiger partial charge in [0.25, 0.3) is 5.56 Å². The molecule has 3 N–H and O–H groups in total. The van der Waals surface area contributed by atoms with Gasteiger partial charge in [-0.3, -0.25) is 4.79 Å². The van der Waals surface area contributed by atoms with Crippen LogP contribution in [-0.4, -0.2) is 9.97 Å². The van der Waals surface area contributed by atoms with Crippen LogP contribution in [0.15, 0.2) is 29.2 Å². The Morgan fingerprint density at radius 2 is 2.00 bits per heavy atom. The highest BCUT2D eigenvalue weighted by molar-refractivity contribution is 6.42. The first-order chi connectivity index (χ1) is 7.58. The van der Waals surface area contributed by atoms with Gasteiger partial charge in [-0.05, 0) is 12.1 Å².